The van der Waals surface area contributed by atoms with Gasteiger partial charge in [-0.25, -0.2) is 0 Å². The van der Waals surface area contributed by atoms with E-state index in [1.807, 2.05) is 19.1 Å². The molecule has 0 aromatic heterocycles. The highest BCUT2D eigenvalue weighted by Gasteiger charge is 2.05. The highest BCUT2D eigenvalue weighted by molar-refractivity contribution is 9.10. The van der Waals surface area contributed by atoms with Gasteiger partial charge < -0.3 is 10.5 Å². The van der Waals surface area contributed by atoms with E-state index in [-0.39, 0.29) is 6.04 Å². The van der Waals surface area contributed by atoms with Crippen LogP contribution in [0.1, 0.15) is 51.5 Å². The molecule has 1 aromatic rings. The fourth-order valence-electron chi connectivity index (χ4n) is 2.04. The maximum Gasteiger partial charge on any atom is 0.119 e. The lowest BCUT2D eigenvalue weighted by atomic mass is 10.1. The van der Waals surface area contributed by atoms with Crippen LogP contribution in [0.15, 0.2) is 22.7 Å². The zero-order valence-electron chi connectivity index (χ0n) is 12.1. The van der Waals surface area contributed by atoms with Crippen LogP contribution in [0, 0.1) is 0 Å². The summed E-state index contributed by atoms with van der Waals surface area (Å²) in [6.07, 6.45) is 7.20. The van der Waals surface area contributed by atoms with Crippen molar-refractivity contribution in [3.05, 3.63) is 28.2 Å². The molecule has 1 rings (SSSR count). The summed E-state index contributed by atoms with van der Waals surface area (Å²) in [5, 5.41) is 0. The van der Waals surface area contributed by atoms with Crippen molar-refractivity contribution in [3.8, 4) is 5.75 Å². The zero-order valence-corrected chi connectivity index (χ0v) is 13.7. The summed E-state index contributed by atoms with van der Waals surface area (Å²) in [5.74, 6) is 0.953. The third-order valence-electron chi connectivity index (χ3n) is 3.08. The molecule has 0 aliphatic carbocycles. The fraction of sp³-hybridized carbons (Fsp3) is 0.625. The van der Waals surface area contributed by atoms with Crippen LogP contribution in [0.2, 0.25) is 0 Å². The van der Waals surface area contributed by atoms with Crippen molar-refractivity contribution in [1.29, 1.82) is 0 Å². The molecule has 0 aliphatic heterocycles. The molecule has 19 heavy (non-hydrogen) atoms. The van der Waals surface area contributed by atoms with Crippen LogP contribution in [0.25, 0.3) is 0 Å². The van der Waals surface area contributed by atoms with E-state index in [4.69, 9.17) is 10.5 Å². The Morgan fingerprint density at radius 2 is 1.95 bits per heavy atom. The minimum absolute atomic E-state index is 0.167. The highest BCUT2D eigenvalue weighted by atomic mass is 79.9. The maximum atomic E-state index is 5.85. The largest absolute Gasteiger partial charge is 0.494 e. The molecule has 0 spiro atoms. The molecule has 3 heteroatoms. The summed E-state index contributed by atoms with van der Waals surface area (Å²) in [6, 6.07) is 6.32. The predicted molar refractivity (Wildman–Crippen MR) is 85.7 cm³/mol. The minimum Gasteiger partial charge on any atom is -0.494 e. The molecule has 0 radical (unpaired) electrons. The van der Waals surface area contributed by atoms with Crippen molar-refractivity contribution >= 4 is 15.9 Å². The number of rotatable bonds is 9. The molecule has 1 aromatic carbocycles. The van der Waals surface area contributed by atoms with Gasteiger partial charge in [0.1, 0.15) is 5.75 Å². The number of hydrogen-bond acceptors (Lipinski definition) is 2. The number of ether oxygens (including phenoxy) is 1. The lowest BCUT2D eigenvalue weighted by molar-refractivity contribution is 0.304. The molecular formula is C16H26BrNO. The van der Waals surface area contributed by atoms with E-state index in [0.29, 0.717) is 0 Å². The second-order valence-corrected chi connectivity index (χ2v) is 6.05. The Labute approximate surface area is 125 Å². The van der Waals surface area contributed by atoms with Crippen molar-refractivity contribution in [2.24, 2.45) is 5.73 Å². The second-order valence-electron chi connectivity index (χ2n) is 5.20. The lowest BCUT2D eigenvalue weighted by Crippen LogP contribution is -2.18. The summed E-state index contributed by atoms with van der Waals surface area (Å²) < 4.78 is 6.91. The van der Waals surface area contributed by atoms with Gasteiger partial charge in [0.25, 0.3) is 0 Å². The van der Waals surface area contributed by atoms with Gasteiger partial charge in [-0.15, -0.1) is 0 Å². The molecule has 0 saturated heterocycles. The molecule has 108 valence electrons. The topological polar surface area (TPSA) is 35.2 Å². The first kappa shape index (κ1) is 16.5. The highest BCUT2D eigenvalue weighted by Crippen LogP contribution is 2.24. The average molecular weight is 328 g/mol. The summed E-state index contributed by atoms with van der Waals surface area (Å²) in [6.45, 7) is 5.06. The Kier molecular flexibility index (Phi) is 8.15. The number of halogens is 1. The average Bonchev–Trinajstić information content (AvgIpc) is 2.37. The monoisotopic (exact) mass is 327 g/mol. The van der Waals surface area contributed by atoms with Gasteiger partial charge in [0.15, 0.2) is 0 Å². The molecule has 0 amide bonds. The fourth-order valence-corrected chi connectivity index (χ4v) is 2.45. The van der Waals surface area contributed by atoms with E-state index in [1.165, 1.54) is 31.2 Å². The molecule has 0 saturated carbocycles. The van der Waals surface area contributed by atoms with Gasteiger partial charge in [0.2, 0.25) is 0 Å². The van der Waals surface area contributed by atoms with Crippen molar-refractivity contribution in [1.82, 2.24) is 0 Å². The summed E-state index contributed by atoms with van der Waals surface area (Å²) in [4.78, 5) is 0. The number of unbranched alkanes of at least 4 members (excludes halogenated alkanes) is 4. The summed E-state index contributed by atoms with van der Waals surface area (Å²) in [7, 11) is 0. The Balaban J connectivity index is 2.37. The predicted octanol–water partition coefficient (Wildman–Crippen LogP) is 4.69. The zero-order chi connectivity index (χ0) is 14.1. The third kappa shape index (κ3) is 6.98. The standard InChI is InChI=1S/C16H26BrNO/c1-3-4-5-6-7-10-19-15-8-9-16(17)14(12-15)11-13(2)18/h8-9,12-13H,3-7,10-11,18H2,1-2H3. The van der Waals surface area contributed by atoms with Crippen LogP contribution in [0.4, 0.5) is 0 Å². The van der Waals surface area contributed by atoms with Gasteiger partial charge in [-0.05, 0) is 43.5 Å². The van der Waals surface area contributed by atoms with E-state index in [9.17, 15) is 0 Å². The van der Waals surface area contributed by atoms with E-state index >= 15 is 0 Å². The van der Waals surface area contributed by atoms with Crippen LogP contribution in [-0.4, -0.2) is 12.6 Å². The summed E-state index contributed by atoms with van der Waals surface area (Å²) >= 11 is 3.56. The Hall–Kier alpha value is -0.540. The van der Waals surface area contributed by atoms with Crippen LogP contribution in [-0.2, 0) is 6.42 Å². The number of hydrogen-bond donors (Lipinski definition) is 1. The van der Waals surface area contributed by atoms with Gasteiger partial charge in [-0.2, -0.15) is 0 Å². The number of nitrogens with two attached hydrogens (primary N) is 1. The van der Waals surface area contributed by atoms with Gasteiger partial charge in [-0.1, -0.05) is 48.5 Å². The first-order chi connectivity index (χ1) is 9.13. The Morgan fingerprint density at radius 3 is 2.63 bits per heavy atom. The SMILES string of the molecule is CCCCCCCOc1ccc(Br)c(CC(C)N)c1. The second kappa shape index (κ2) is 9.38. The Bertz CT molecular complexity index is 366. The van der Waals surface area contributed by atoms with Crippen LogP contribution >= 0.6 is 15.9 Å². The first-order valence-corrected chi connectivity index (χ1v) is 8.09. The molecule has 2 N–H and O–H groups in total. The molecule has 2 nitrogen and oxygen atoms in total. The van der Waals surface area contributed by atoms with Crippen LogP contribution in [0.5, 0.6) is 5.75 Å². The molecule has 0 aliphatic rings. The normalized spacial score (nSPS) is 12.4. The van der Waals surface area contributed by atoms with E-state index in [1.54, 1.807) is 0 Å². The van der Waals surface area contributed by atoms with Crippen molar-refractivity contribution in [3.63, 3.8) is 0 Å². The molecule has 0 fully saturated rings. The van der Waals surface area contributed by atoms with Gasteiger partial charge in [0, 0.05) is 10.5 Å². The quantitative estimate of drug-likeness (QED) is 0.668. The first-order valence-electron chi connectivity index (χ1n) is 7.30. The molecule has 1 unspecified atom stereocenters. The van der Waals surface area contributed by atoms with Gasteiger partial charge in [0.05, 0.1) is 6.61 Å². The maximum absolute atomic E-state index is 5.85. The van der Waals surface area contributed by atoms with Crippen LogP contribution in [0.3, 0.4) is 0 Å². The van der Waals surface area contributed by atoms with E-state index in [0.717, 1.165) is 29.7 Å². The van der Waals surface area contributed by atoms with E-state index in [2.05, 4.69) is 28.9 Å². The Morgan fingerprint density at radius 1 is 1.21 bits per heavy atom. The van der Waals surface area contributed by atoms with Crippen LogP contribution < -0.4 is 10.5 Å². The molecular weight excluding hydrogens is 302 g/mol. The van der Waals surface area contributed by atoms with Crippen molar-refractivity contribution < 1.29 is 4.74 Å². The van der Waals surface area contributed by atoms with Gasteiger partial charge >= 0.3 is 0 Å². The molecule has 0 heterocycles. The number of benzene rings is 1. The third-order valence-corrected chi connectivity index (χ3v) is 3.85. The minimum atomic E-state index is 0.167. The van der Waals surface area contributed by atoms with Crippen molar-refractivity contribution in [2.75, 3.05) is 6.61 Å². The van der Waals surface area contributed by atoms with Gasteiger partial charge in [-0.3, -0.25) is 0 Å². The molecule has 0 bridgehead atoms. The smallest absolute Gasteiger partial charge is 0.119 e. The van der Waals surface area contributed by atoms with E-state index < -0.39 is 0 Å². The summed E-state index contributed by atoms with van der Waals surface area (Å²) in [5.41, 5.74) is 7.07. The van der Waals surface area contributed by atoms with Crippen molar-refractivity contribution in [2.45, 2.75) is 58.4 Å². The lowest BCUT2D eigenvalue weighted by Gasteiger charge is -2.11. The molecule has 1 atom stereocenters.